The van der Waals surface area contributed by atoms with Crippen LogP contribution >= 0.6 is 15.9 Å². The van der Waals surface area contributed by atoms with Gasteiger partial charge in [-0.2, -0.15) is 0 Å². The number of methoxy groups -OCH3 is 1. The van der Waals surface area contributed by atoms with Crippen LogP contribution in [0.2, 0.25) is 0 Å². The summed E-state index contributed by atoms with van der Waals surface area (Å²) in [5.41, 5.74) is 0.867. The summed E-state index contributed by atoms with van der Waals surface area (Å²) in [5.74, 6) is 0.945. The van der Waals surface area contributed by atoms with Gasteiger partial charge in [0.05, 0.1) is 12.1 Å². The van der Waals surface area contributed by atoms with Crippen LogP contribution in [-0.2, 0) is 4.74 Å². The summed E-state index contributed by atoms with van der Waals surface area (Å²) in [6.45, 7) is 0.865. The van der Waals surface area contributed by atoms with E-state index in [0.717, 1.165) is 28.9 Å². The molecule has 1 fully saturated rings. The summed E-state index contributed by atoms with van der Waals surface area (Å²) < 4.78 is 8.38. The van der Waals surface area contributed by atoms with Crippen LogP contribution in [0, 0.1) is 0 Å². The molecule has 2 aromatic rings. The van der Waals surface area contributed by atoms with Crippen LogP contribution in [0.15, 0.2) is 22.8 Å². The predicted molar refractivity (Wildman–Crippen MR) is 66.8 cm³/mol. The Hall–Kier alpha value is -0.980. The fourth-order valence-corrected chi connectivity index (χ4v) is 2.54. The first-order valence-electron chi connectivity index (χ1n) is 5.54. The highest BCUT2D eigenvalue weighted by molar-refractivity contribution is 9.10. The van der Waals surface area contributed by atoms with Crippen molar-refractivity contribution in [2.24, 2.45) is 0 Å². The molecule has 1 aliphatic rings. The fraction of sp³-hybridized carbons (Fsp3) is 0.455. The monoisotopic (exact) mass is 296 g/mol. The standard InChI is InChI=1S/C11H13BrN4O/c1-17-8-4-9(13-5-8)11-15-14-10-3-2-7(12)6-16(10)11/h2-3,6,8-9,13H,4-5H2,1H3. The molecule has 0 spiro atoms. The topological polar surface area (TPSA) is 51.5 Å². The number of hydrogen-bond donors (Lipinski definition) is 1. The number of hydrogen-bond acceptors (Lipinski definition) is 4. The smallest absolute Gasteiger partial charge is 0.160 e. The van der Waals surface area contributed by atoms with Crippen LogP contribution in [0.25, 0.3) is 5.65 Å². The maximum Gasteiger partial charge on any atom is 0.160 e. The third kappa shape index (κ3) is 1.96. The SMILES string of the molecule is COC1CNC(c2nnc3ccc(Br)cn23)C1. The van der Waals surface area contributed by atoms with Crippen LogP contribution in [0.3, 0.4) is 0 Å². The minimum atomic E-state index is 0.212. The Kier molecular flexibility index (Phi) is 2.85. The second-order valence-corrected chi connectivity index (χ2v) is 5.10. The van der Waals surface area contributed by atoms with Gasteiger partial charge in [0, 0.05) is 24.3 Å². The molecule has 17 heavy (non-hydrogen) atoms. The number of halogens is 1. The van der Waals surface area contributed by atoms with Gasteiger partial charge in [-0.15, -0.1) is 10.2 Å². The molecule has 0 bridgehead atoms. The van der Waals surface area contributed by atoms with Crippen molar-refractivity contribution in [1.82, 2.24) is 19.9 Å². The highest BCUT2D eigenvalue weighted by Gasteiger charge is 2.28. The Balaban J connectivity index is 1.98. The molecule has 5 nitrogen and oxygen atoms in total. The van der Waals surface area contributed by atoms with E-state index in [0.29, 0.717) is 0 Å². The van der Waals surface area contributed by atoms with Gasteiger partial charge in [-0.3, -0.25) is 4.40 Å². The molecular formula is C11H13BrN4O. The Bertz CT molecular complexity index is 541. The maximum absolute atomic E-state index is 5.35. The van der Waals surface area contributed by atoms with E-state index in [1.54, 1.807) is 7.11 Å². The molecule has 2 aromatic heterocycles. The average Bonchev–Trinajstić information content (AvgIpc) is 2.93. The van der Waals surface area contributed by atoms with Crippen molar-refractivity contribution in [3.05, 3.63) is 28.6 Å². The predicted octanol–water partition coefficient (Wildman–Crippen LogP) is 1.54. The van der Waals surface area contributed by atoms with E-state index in [1.165, 1.54) is 0 Å². The second-order valence-electron chi connectivity index (χ2n) is 4.19. The zero-order valence-electron chi connectivity index (χ0n) is 9.43. The number of pyridine rings is 1. The minimum Gasteiger partial charge on any atom is -0.380 e. The minimum absolute atomic E-state index is 0.212. The zero-order chi connectivity index (χ0) is 11.8. The number of aromatic nitrogens is 3. The summed E-state index contributed by atoms with van der Waals surface area (Å²) in [6, 6.07) is 4.13. The summed E-state index contributed by atoms with van der Waals surface area (Å²) >= 11 is 3.46. The lowest BCUT2D eigenvalue weighted by Crippen LogP contribution is -2.17. The molecule has 0 aromatic carbocycles. The number of ether oxygens (including phenoxy) is 1. The molecule has 0 radical (unpaired) electrons. The van der Waals surface area contributed by atoms with Crippen LogP contribution in [0.4, 0.5) is 0 Å². The fourth-order valence-electron chi connectivity index (χ4n) is 2.20. The Morgan fingerprint density at radius 2 is 2.35 bits per heavy atom. The molecule has 0 aliphatic carbocycles. The van der Waals surface area contributed by atoms with Gasteiger partial charge in [0.2, 0.25) is 0 Å². The lowest BCUT2D eigenvalue weighted by molar-refractivity contribution is 0.117. The van der Waals surface area contributed by atoms with E-state index in [2.05, 4.69) is 31.4 Å². The van der Waals surface area contributed by atoms with Gasteiger partial charge < -0.3 is 10.1 Å². The van der Waals surface area contributed by atoms with Crippen LogP contribution in [0.1, 0.15) is 18.3 Å². The Morgan fingerprint density at radius 1 is 1.47 bits per heavy atom. The third-order valence-electron chi connectivity index (χ3n) is 3.13. The molecule has 1 N–H and O–H groups in total. The zero-order valence-corrected chi connectivity index (χ0v) is 11.0. The molecule has 0 saturated carbocycles. The van der Waals surface area contributed by atoms with Crippen molar-refractivity contribution in [1.29, 1.82) is 0 Å². The van der Waals surface area contributed by atoms with E-state index in [-0.39, 0.29) is 12.1 Å². The second kappa shape index (κ2) is 4.36. The van der Waals surface area contributed by atoms with Crippen molar-refractivity contribution < 1.29 is 4.74 Å². The van der Waals surface area contributed by atoms with Gasteiger partial charge in [0.1, 0.15) is 0 Å². The molecule has 90 valence electrons. The summed E-state index contributed by atoms with van der Waals surface area (Å²) in [6.07, 6.45) is 3.19. The van der Waals surface area contributed by atoms with Crippen LogP contribution < -0.4 is 5.32 Å². The highest BCUT2D eigenvalue weighted by Crippen LogP contribution is 2.24. The van der Waals surface area contributed by atoms with Crippen molar-refractivity contribution in [3.63, 3.8) is 0 Å². The van der Waals surface area contributed by atoms with Gasteiger partial charge in [-0.25, -0.2) is 0 Å². The van der Waals surface area contributed by atoms with E-state index in [1.807, 2.05) is 22.7 Å². The van der Waals surface area contributed by atoms with E-state index in [4.69, 9.17) is 4.74 Å². The number of rotatable bonds is 2. The van der Waals surface area contributed by atoms with Gasteiger partial charge in [0.15, 0.2) is 11.5 Å². The summed E-state index contributed by atoms with van der Waals surface area (Å²) in [7, 11) is 1.74. The molecule has 3 heterocycles. The van der Waals surface area contributed by atoms with Crippen LogP contribution in [0.5, 0.6) is 0 Å². The Morgan fingerprint density at radius 3 is 3.12 bits per heavy atom. The molecular weight excluding hydrogens is 284 g/mol. The summed E-state index contributed by atoms with van der Waals surface area (Å²) in [5, 5.41) is 11.8. The van der Waals surface area contributed by atoms with E-state index < -0.39 is 0 Å². The first-order chi connectivity index (χ1) is 8.28. The van der Waals surface area contributed by atoms with Crippen LogP contribution in [-0.4, -0.2) is 34.4 Å². The van der Waals surface area contributed by atoms with Gasteiger partial charge >= 0.3 is 0 Å². The van der Waals surface area contributed by atoms with Crippen molar-refractivity contribution in [2.45, 2.75) is 18.6 Å². The normalized spacial score (nSPS) is 24.6. The number of nitrogens with zero attached hydrogens (tertiary/aromatic N) is 3. The largest absolute Gasteiger partial charge is 0.380 e. The summed E-state index contributed by atoms with van der Waals surface area (Å²) in [4.78, 5) is 0. The van der Waals surface area contributed by atoms with Gasteiger partial charge in [-0.05, 0) is 34.5 Å². The van der Waals surface area contributed by atoms with E-state index >= 15 is 0 Å². The highest BCUT2D eigenvalue weighted by atomic mass is 79.9. The lowest BCUT2D eigenvalue weighted by Gasteiger charge is -2.08. The van der Waals surface area contributed by atoms with Crippen molar-refractivity contribution in [3.8, 4) is 0 Å². The molecule has 1 saturated heterocycles. The molecule has 3 rings (SSSR count). The number of nitrogens with one attached hydrogen (secondary N) is 1. The van der Waals surface area contributed by atoms with Gasteiger partial charge in [-0.1, -0.05) is 0 Å². The van der Waals surface area contributed by atoms with Crippen molar-refractivity contribution >= 4 is 21.6 Å². The Labute approximate surface area is 107 Å². The molecule has 1 aliphatic heterocycles. The third-order valence-corrected chi connectivity index (χ3v) is 3.60. The lowest BCUT2D eigenvalue weighted by atomic mass is 10.2. The van der Waals surface area contributed by atoms with Gasteiger partial charge in [0.25, 0.3) is 0 Å². The maximum atomic E-state index is 5.35. The van der Waals surface area contributed by atoms with E-state index in [9.17, 15) is 0 Å². The number of fused-ring (bicyclic) bond motifs is 1. The molecule has 2 unspecified atom stereocenters. The molecule has 6 heteroatoms. The first kappa shape index (κ1) is 11.1. The van der Waals surface area contributed by atoms with Crippen molar-refractivity contribution in [2.75, 3.05) is 13.7 Å². The molecule has 0 amide bonds. The quantitative estimate of drug-likeness (QED) is 0.913. The first-order valence-corrected chi connectivity index (χ1v) is 6.33. The average molecular weight is 297 g/mol. The molecule has 2 atom stereocenters.